The number of rotatable bonds is 5. The number of nitriles is 1. The summed E-state index contributed by atoms with van der Waals surface area (Å²) in [6.45, 7) is 0. The van der Waals surface area contributed by atoms with Gasteiger partial charge in [-0.1, -0.05) is 58.5 Å². The Morgan fingerprint density at radius 3 is 2.13 bits per heavy atom. The molecule has 4 nitrogen and oxygen atoms in total. The highest BCUT2D eigenvalue weighted by molar-refractivity contribution is 7.87. The third kappa shape index (κ3) is 5.28. The van der Waals surface area contributed by atoms with Crippen LogP contribution in [0.5, 0.6) is 5.75 Å². The summed E-state index contributed by atoms with van der Waals surface area (Å²) in [4.78, 5) is -0.0592. The molecule has 3 rings (SSSR count). The fourth-order valence-corrected chi connectivity index (χ4v) is 4.34. The summed E-state index contributed by atoms with van der Waals surface area (Å²) in [6, 6.07) is 16.9. The van der Waals surface area contributed by atoms with E-state index in [2.05, 4.69) is 6.07 Å². The fourth-order valence-electron chi connectivity index (χ4n) is 2.49. The fraction of sp³-hybridized carbons (Fsp3) is 0. The van der Waals surface area contributed by atoms with Crippen LogP contribution in [0.25, 0.3) is 11.6 Å². The van der Waals surface area contributed by atoms with Gasteiger partial charge in [0, 0.05) is 15.6 Å². The van der Waals surface area contributed by atoms with E-state index >= 15 is 0 Å². The van der Waals surface area contributed by atoms with E-state index in [-0.39, 0.29) is 21.2 Å². The summed E-state index contributed by atoms with van der Waals surface area (Å²) in [6.07, 6.45) is 1.57. The largest absolute Gasteiger partial charge is 0.377 e. The van der Waals surface area contributed by atoms with Gasteiger partial charge in [0.05, 0.1) is 21.7 Å². The van der Waals surface area contributed by atoms with E-state index in [4.69, 9.17) is 50.6 Å². The maximum absolute atomic E-state index is 12.4. The van der Waals surface area contributed by atoms with Gasteiger partial charge in [-0.3, -0.25) is 0 Å². The van der Waals surface area contributed by atoms with E-state index in [0.29, 0.717) is 26.2 Å². The van der Waals surface area contributed by atoms with Crippen molar-refractivity contribution in [3.63, 3.8) is 0 Å². The minimum atomic E-state index is -4.09. The van der Waals surface area contributed by atoms with Crippen LogP contribution in [0.2, 0.25) is 20.1 Å². The van der Waals surface area contributed by atoms with Crippen molar-refractivity contribution in [3.05, 3.63) is 91.9 Å². The second-order valence-corrected chi connectivity index (χ2v) is 9.21. The van der Waals surface area contributed by atoms with Gasteiger partial charge in [-0.2, -0.15) is 13.7 Å². The summed E-state index contributed by atoms with van der Waals surface area (Å²) >= 11 is 24.0. The first-order chi connectivity index (χ1) is 14.2. The Bertz CT molecular complexity index is 1280. The molecular weight excluding hydrogens is 488 g/mol. The van der Waals surface area contributed by atoms with Gasteiger partial charge in [-0.15, -0.1) is 0 Å². The summed E-state index contributed by atoms with van der Waals surface area (Å²) < 4.78 is 30.0. The van der Waals surface area contributed by atoms with E-state index in [1.165, 1.54) is 42.5 Å². The van der Waals surface area contributed by atoms with Crippen LogP contribution >= 0.6 is 46.4 Å². The molecule has 30 heavy (non-hydrogen) atoms. The number of halogens is 4. The molecule has 0 heterocycles. The Balaban J connectivity index is 1.90. The van der Waals surface area contributed by atoms with Gasteiger partial charge >= 0.3 is 10.1 Å². The molecule has 0 bridgehead atoms. The van der Waals surface area contributed by atoms with Crippen molar-refractivity contribution in [2.75, 3.05) is 0 Å². The zero-order valence-corrected chi connectivity index (χ0v) is 18.8. The van der Waals surface area contributed by atoms with Crippen LogP contribution in [0.15, 0.2) is 65.6 Å². The van der Waals surface area contributed by atoms with E-state index in [9.17, 15) is 13.7 Å². The smallest absolute Gasteiger partial charge is 0.339 e. The Kier molecular flexibility index (Phi) is 6.97. The van der Waals surface area contributed by atoms with E-state index in [1.54, 1.807) is 24.3 Å². The summed E-state index contributed by atoms with van der Waals surface area (Å²) in [7, 11) is -4.09. The molecule has 152 valence electrons. The molecule has 0 aliphatic carbocycles. The molecule has 0 saturated heterocycles. The van der Waals surface area contributed by atoms with Crippen molar-refractivity contribution in [2.24, 2.45) is 0 Å². The van der Waals surface area contributed by atoms with Crippen molar-refractivity contribution in [2.45, 2.75) is 4.90 Å². The average molecular weight is 499 g/mol. The molecule has 0 aliphatic heterocycles. The normalized spacial score (nSPS) is 11.8. The van der Waals surface area contributed by atoms with Crippen molar-refractivity contribution >= 4 is 68.2 Å². The number of nitrogens with zero attached hydrogens (tertiary/aromatic N) is 1. The third-order valence-electron chi connectivity index (χ3n) is 3.91. The van der Waals surface area contributed by atoms with Crippen LogP contribution in [-0.4, -0.2) is 8.42 Å². The lowest BCUT2D eigenvalue weighted by Crippen LogP contribution is -2.09. The van der Waals surface area contributed by atoms with Crippen molar-refractivity contribution < 1.29 is 12.6 Å². The maximum Gasteiger partial charge on any atom is 0.339 e. The maximum atomic E-state index is 12.4. The predicted molar refractivity (Wildman–Crippen MR) is 121 cm³/mol. The molecule has 0 fully saturated rings. The van der Waals surface area contributed by atoms with Crippen molar-refractivity contribution in [1.82, 2.24) is 0 Å². The Labute approximate surface area is 194 Å². The van der Waals surface area contributed by atoms with Gasteiger partial charge in [0.2, 0.25) is 0 Å². The van der Waals surface area contributed by atoms with Gasteiger partial charge in [-0.25, -0.2) is 0 Å². The van der Waals surface area contributed by atoms with Gasteiger partial charge < -0.3 is 4.18 Å². The van der Waals surface area contributed by atoms with Crippen LogP contribution in [0.1, 0.15) is 11.1 Å². The van der Waals surface area contributed by atoms with E-state index < -0.39 is 10.1 Å². The van der Waals surface area contributed by atoms with Crippen LogP contribution in [0, 0.1) is 11.3 Å². The molecule has 0 atom stereocenters. The van der Waals surface area contributed by atoms with Gasteiger partial charge in [0.25, 0.3) is 0 Å². The van der Waals surface area contributed by atoms with Crippen LogP contribution in [0.4, 0.5) is 0 Å². The van der Waals surface area contributed by atoms with Gasteiger partial charge in [-0.05, 0) is 60.2 Å². The first-order valence-corrected chi connectivity index (χ1v) is 11.2. The van der Waals surface area contributed by atoms with Crippen molar-refractivity contribution in [3.8, 4) is 11.8 Å². The molecular formula is C21H11Cl4NO3S. The lowest BCUT2D eigenvalue weighted by molar-refractivity contribution is 0.486. The topological polar surface area (TPSA) is 67.2 Å². The molecule has 3 aromatic rings. The number of allylic oxidation sites excluding steroid dienone is 1. The van der Waals surface area contributed by atoms with Crippen LogP contribution in [0.3, 0.4) is 0 Å². The SMILES string of the molecule is N#C/C(=C\c1ccc(OS(=O)(=O)c2ccc(Cl)cc2)c(Cl)c1)c1ccc(Cl)cc1Cl. The van der Waals surface area contributed by atoms with E-state index in [0.717, 1.165) is 0 Å². The predicted octanol–water partition coefficient (Wildman–Crippen LogP) is 7.13. The molecule has 0 spiro atoms. The summed E-state index contributed by atoms with van der Waals surface area (Å²) in [5.74, 6) is -0.0493. The minimum Gasteiger partial charge on any atom is -0.377 e. The third-order valence-corrected chi connectivity index (χ3v) is 6.25. The molecule has 0 aromatic heterocycles. The zero-order valence-electron chi connectivity index (χ0n) is 14.9. The Morgan fingerprint density at radius 1 is 0.867 bits per heavy atom. The second-order valence-electron chi connectivity index (χ2n) is 5.98. The van der Waals surface area contributed by atoms with Crippen molar-refractivity contribution in [1.29, 1.82) is 5.26 Å². The summed E-state index contributed by atoms with van der Waals surface area (Å²) in [5.41, 5.74) is 1.35. The van der Waals surface area contributed by atoms with Crippen LogP contribution < -0.4 is 4.18 Å². The lowest BCUT2D eigenvalue weighted by atomic mass is 10.0. The molecule has 0 unspecified atom stereocenters. The molecule has 0 saturated carbocycles. The Hall–Kier alpha value is -2.20. The molecule has 3 aromatic carbocycles. The molecule has 0 N–H and O–H groups in total. The standard InChI is InChI=1S/C21H11Cl4NO3S/c22-15-2-5-17(6-3-15)30(27,28)29-21-8-1-13(10-20(21)25)9-14(12-26)18-7-4-16(23)11-19(18)24/h1-11H/b14-9+. The van der Waals surface area contributed by atoms with Gasteiger partial charge in [0.1, 0.15) is 4.90 Å². The average Bonchev–Trinajstić information content (AvgIpc) is 2.69. The first kappa shape index (κ1) is 22.5. The summed E-state index contributed by atoms with van der Waals surface area (Å²) in [5, 5.41) is 10.7. The second kappa shape index (κ2) is 9.30. The highest BCUT2D eigenvalue weighted by Crippen LogP contribution is 2.32. The molecule has 0 radical (unpaired) electrons. The van der Waals surface area contributed by atoms with Crippen LogP contribution in [-0.2, 0) is 10.1 Å². The Morgan fingerprint density at radius 2 is 1.53 bits per heavy atom. The van der Waals surface area contributed by atoms with E-state index in [1.807, 2.05) is 0 Å². The molecule has 9 heteroatoms. The zero-order chi connectivity index (χ0) is 21.9. The number of hydrogen-bond acceptors (Lipinski definition) is 4. The molecule has 0 amide bonds. The van der Waals surface area contributed by atoms with Gasteiger partial charge in [0.15, 0.2) is 5.75 Å². The molecule has 0 aliphatic rings. The monoisotopic (exact) mass is 497 g/mol. The quantitative estimate of drug-likeness (QED) is 0.213. The highest BCUT2D eigenvalue weighted by Gasteiger charge is 2.18. The first-order valence-electron chi connectivity index (χ1n) is 8.26. The number of hydrogen-bond donors (Lipinski definition) is 0. The minimum absolute atomic E-state index is 0.0493. The number of benzene rings is 3. The highest BCUT2D eigenvalue weighted by atomic mass is 35.5. The lowest BCUT2D eigenvalue weighted by Gasteiger charge is -2.09.